The van der Waals surface area contributed by atoms with Crippen molar-refractivity contribution < 1.29 is 22.6 Å². The molecule has 104 valence electrons. The van der Waals surface area contributed by atoms with Gasteiger partial charge in [-0.25, -0.2) is 0 Å². The van der Waals surface area contributed by atoms with Gasteiger partial charge in [0.1, 0.15) is 11.5 Å². The number of nitrogens with two attached hydrogens (primary N) is 1. The molecular formula is C10H12BrClF3NO2. The lowest BCUT2D eigenvalue weighted by Crippen LogP contribution is -2.17. The molecule has 0 amide bonds. The number of halogens is 5. The first-order valence-electron chi connectivity index (χ1n) is 4.69. The molecule has 0 fully saturated rings. The van der Waals surface area contributed by atoms with Gasteiger partial charge in [0.05, 0.1) is 11.6 Å². The summed E-state index contributed by atoms with van der Waals surface area (Å²) in [5.41, 5.74) is 5.94. The van der Waals surface area contributed by atoms with Crippen LogP contribution in [-0.2, 0) is 6.42 Å². The van der Waals surface area contributed by atoms with Gasteiger partial charge in [0.15, 0.2) is 0 Å². The van der Waals surface area contributed by atoms with Crippen molar-refractivity contribution in [2.75, 3.05) is 13.7 Å². The molecule has 1 aromatic carbocycles. The molecule has 0 radical (unpaired) electrons. The quantitative estimate of drug-likeness (QED) is 0.906. The molecule has 2 N–H and O–H groups in total. The molecule has 0 saturated carbocycles. The molecule has 0 saturated heterocycles. The first kappa shape index (κ1) is 17.3. The Morgan fingerprint density at radius 3 is 2.33 bits per heavy atom. The molecule has 0 aliphatic carbocycles. The molecule has 0 spiro atoms. The van der Waals surface area contributed by atoms with Gasteiger partial charge >= 0.3 is 6.36 Å². The fourth-order valence-corrected chi connectivity index (χ4v) is 1.72. The van der Waals surface area contributed by atoms with Crippen molar-refractivity contribution in [3.8, 4) is 11.5 Å². The van der Waals surface area contributed by atoms with Gasteiger partial charge in [0.25, 0.3) is 0 Å². The second-order valence-corrected chi connectivity index (χ2v) is 4.04. The largest absolute Gasteiger partial charge is 0.573 e. The van der Waals surface area contributed by atoms with Crippen LogP contribution < -0.4 is 15.2 Å². The van der Waals surface area contributed by atoms with Crippen molar-refractivity contribution in [3.63, 3.8) is 0 Å². The van der Waals surface area contributed by atoms with Crippen molar-refractivity contribution in [2.45, 2.75) is 12.8 Å². The minimum atomic E-state index is -4.73. The second kappa shape index (κ2) is 7.06. The molecule has 18 heavy (non-hydrogen) atoms. The fraction of sp³-hybridized carbons (Fsp3) is 0.400. The van der Waals surface area contributed by atoms with Gasteiger partial charge in [-0.3, -0.25) is 0 Å². The summed E-state index contributed by atoms with van der Waals surface area (Å²) in [5.74, 6) is 0.165. The summed E-state index contributed by atoms with van der Waals surface area (Å²) < 4.78 is 45.5. The monoisotopic (exact) mass is 349 g/mol. The molecule has 0 unspecified atom stereocenters. The zero-order valence-corrected chi connectivity index (χ0v) is 11.8. The van der Waals surface area contributed by atoms with E-state index >= 15 is 0 Å². The van der Waals surface area contributed by atoms with Crippen molar-refractivity contribution in [1.29, 1.82) is 0 Å². The van der Waals surface area contributed by atoms with E-state index in [0.29, 0.717) is 24.3 Å². The van der Waals surface area contributed by atoms with Crippen LogP contribution in [0, 0.1) is 0 Å². The molecule has 0 aliphatic heterocycles. The van der Waals surface area contributed by atoms with Crippen LogP contribution in [0.25, 0.3) is 0 Å². The molecule has 0 aliphatic rings. The minimum Gasteiger partial charge on any atom is -0.496 e. The van der Waals surface area contributed by atoms with E-state index in [1.54, 1.807) is 0 Å². The number of alkyl halides is 3. The van der Waals surface area contributed by atoms with E-state index in [9.17, 15) is 13.2 Å². The average molecular weight is 351 g/mol. The highest BCUT2D eigenvalue weighted by Crippen LogP contribution is 2.36. The Labute approximate surface area is 117 Å². The predicted octanol–water partition coefficient (Wildman–Crippen LogP) is 3.28. The molecule has 0 aromatic heterocycles. The summed E-state index contributed by atoms with van der Waals surface area (Å²) in [5, 5.41) is 0. The Balaban J connectivity index is 0.00000289. The third-order valence-corrected chi connectivity index (χ3v) is 2.59. The van der Waals surface area contributed by atoms with E-state index in [4.69, 9.17) is 10.5 Å². The number of hydrogen-bond acceptors (Lipinski definition) is 3. The summed E-state index contributed by atoms with van der Waals surface area (Å²) >= 11 is 2.99. The van der Waals surface area contributed by atoms with Crippen molar-refractivity contribution >= 4 is 28.3 Å². The van der Waals surface area contributed by atoms with E-state index in [1.165, 1.54) is 19.2 Å². The van der Waals surface area contributed by atoms with Crippen LogP contribution in [0.15, 0.2) is 16.6 Å². The third-order valence-electron chi connectivity index (χ3n) is 1.97. The molecule has 3 nitrogen and oxygen atoms in total. The van der Waals surface area contributed by atoms with Gasteiger partial charge in [0, 0.05) is 0 Å². The van der Waals surface area contributed by atoms with Gasteiger partial charge in [-0.2, -0.15) is 0 Å². The number of ether oxygens (including phenoxy) is 2. The van der Waals surface area contributed by atoms with Crippen molar-refractivity contribution in [3.05, 3.63) is 22.2 Å². The van der Waals surface area contributed by atoms with Crippen molar-refractivity contribution in [2.24, 2.45) is 5.73 Å². The predicted molar refractivity (Wildman–Crippen MR) is 67.4 cm³/mol. The Hall–Kier alpha value is -0.660. The van der Waals surface area contributed by atoms with E-state index in [2.05, 4.69) is 20.7 Å². The topological polar surface area (TPSA) is 44.5 Å². The van der Waals surface area contributed by atoms with Crippen LogP contribution in [0.4, 0.5) is 13.2 Å². The Morgan fingerprint density at radius 2 is 1.89 bits per heavy atom. The molecule has 8 heteroatoms. The van der Waals surface area contributed by atoms with E-state index < -0.39 is 6.36 Å². The Kier molecular flexibility index (Phi) is 6.80. The maximum Gasteiger partial charge on any atom is 0.573 e. The number of methoxy groups -OCH3 is 1. The first-order valence-corrected chi connectivity index (χ1v) is 5.49. The molecule has 0 bridgehead atoms. The van der Waals surface area contributed by atoms with Gasteiger partial charge in [0.2, 0.25) is 0 Å². The summed E-state index contributed by atoms with van der Waals surface area (Å²) in [6.45, 7) is 0.309. The summed E-state index contributed by atoms with van der Waals surface area (Å²) in [6, 6.07) is 2.69. The Morgan fingerprint density at radius 1 is 1.28 bits per heavy atom. The molecule has 0 heterocycles. The highest BCUT2D eigenvalue weighted by atomic mass is 79.9. The smallest absolute Gasteiger partial charge is 0.496 e. The summed E-state index contributed by atoms with van der Waals surface area (Å²) in [4.78, 5) is 0. The maximum atomic E-state index is 12.1. The third kappa shape index (κ3) is 4.91. The molecule has 1 rings (SSSR count). The SMILES string of the molecule is COc1cc(Br)c(OC(F)(F)F)cc1CCN.Cl. The van der Waals surface area contributed by atoms with Gasteiger partial charge < -0.3 is 15.2 Å². The van der Waals surface area contributed by atoms with Crippen LogP contribution in [0.1, 0.15) is 5.56 Å². The van der Waals surface area contributed by atoms with Gasteiger partial charge in [-0.1, -0.05) is 0 Å². The van der Waals surface area contributed by atoms with E-state index in [-0.39, 0.29) is 22.6 Å². The fourth-order valence-electron chi connectivity index (χ4n) is 1.32. The number of hydrogen-bond donors (Lipinski definition) is 1. The van der Waals surface area contributed by atoms with Crippen molar-refractivity contribution in [1.82, 2.24) is 0 Å². The first-order chi connectivity index (χ1) is 7.87. The normalized spacial score (nSPS) is 10.8. The molecule has 0 atom stereocenters. The summed E-state index contributed by atoms with van der Waals surface area (Å²) in [7, 11) is 1.44. The van der Waals surface area contributed by atoms with E-state index in [1.807, 2.05) is 0 Å². The van der Waals surface area contributed by atoms with Gasteiger partial charge in [-0.15, -0.1) is 25.6 Å². The van der Waals surface area contributed by atoms with Crippen LogP contribution in [-0.4, -0.2) is 20.0 Å². The highest BCUT2D eigenvalue weighted by Gasteiger charge is 2.32. The van der Waals surface area contributed by atoms with Crippen LogP contribution >= 0.6 is 28.3 Å². The summed E-state index contributed by atoms with van der Waals surface area (Å²) in [6.07, 6.45) is -4.32. The van der Waals surface area contributed by atoms with Gasteiger partial charge in [-0.05, 0) is 46.6 Å². The zero-order chi connectivity index (χ0) is 13.1. The maximum absolute atomic E-state index is 12.1. The van der Waals surface area contributed by atoms with Crippen LogP contribution in [0.2, 0.25) is 0 Å². The Bertz CT molecular complexity index is 401. The zero-order valence-electron chi connectivity index (χ0n) is 9.38. The highest BCUT2D eigenvalue weighted by molar-refractivity contribution is 9.10. The lowest BCUT2D eigenvalue weighted by Gasteiger charge is -2.14. The standard InChI is InChI=1S/C10H11BrF3NO2.ClH/c1-16-8-5-7(11)9(17-10(12,13)14)4-6(8)2-3-15;/h4-5H,2-3,15H2,1H3;1H. The van der Waals surface area contributed by atoms with Crippen LogP contribution in [0.3, 0.4) is 0 Å². The lowest BCUT2D eigenvalue weighted by atomic mass is 10.1. The molecular weight excluding hydrogens is 338 g/mol. The average Bonchev–Trinajstić information content (AvgIpc) is 2.21. The lowest BCUT2D eigenvalue weighted by molar-refractivity contribution is -0.274. The number of rotatable bonds is 4. The van der Waals surface area contributed by atoms with Crippen LogP contribution in [0.5, 0.6) is 11.5 Å². The molecule has 1 aromatic rings. The number of benzene rings is 1. The second-order valence-electron chi connectivity index (χ2n) is 3.18. The minimum absolute atomic E-state index is 0. The van der Waals surface area contributed by atoms with E-state index in [0.717, 1.165) is 0 Å².